The normalized spacial score (nSPS) is 16.9. The molecule has 11 heavy (non-hydrogen) atoms. The highest BCUT2D eigenvalue weighted by atomic mass is 14.3. The molecule has 0 aliphatic rings. The van der Waals surface area contributed by atoms with Crippen LogP contribution in [0.5, 0.6) is 0 Å². The van der Waals surface area contributed by atoms with Crippen molar-refractivity contribution in [1.82, 2.24) is 0 Å². The van der Waals surface area contributed by atoms with E-state index in [0.717, 1.165) is 0 Å². The minimum atomic E-state index is 0.482. The van der Waals surface area contributed by atoms with Gasteiger partial charge < -0.3 is 0 Å². The molecule has 2 atom stereocenters. The molecule has 0 saturated carbocycles. The van der Waals surface area contributed by atoms with Crippen molar-refractivity contribution in [2.24, 2.45) is 11.3 Å². The minimum Gasteiger partial charge on any atom is -0.0654 e. The van der Waals surface area contributed by atoms with Gasteiger partial charge in [0.1, 0.15) is 0 Å². The van der Waals surface area contributed by atoms with Gasteiger partial charge in [0, 0.05) is 0 Å². The van der Waals surface area contributed by atoms with Crippen LogP contribution in [0.2, 0.25) is 0 Å². The van der Waals surface area contributed by atoms with Gasteiger partial charge in [0.05, 0.1) is 0 Å². The zero-order chi connectivity index (χ0) is 8.91. The van der Waals surface area contributed by atoms with Crippen molar-refractivity contribution in [2.75, 3.05) is 0 Å². The fraction of sp³-hybridized carbons (Fsp3) is 0.909. The van der Waals surface area contributed by atoms with E-state index >= 15 is 0 Å². The van der Waals surface area contributed by atoms with Crippen LogP contribution in [0.4, 0.5) is 0 Å². The maximum atomic E-state index is 4.13. The average molecular weight is 155 g/mol. The monoisotopic (exact) mass is 155 g/mol. The van der Waals surface area contributed by atoms with E-state index in [1.165, 1.54) is 25.7 Å². The summed E-state index contributed by atoms with van der Waals surface area (Å²) in [4.78, 5) is 0. The van der Waals surface area contributed by atoms with Gasteiger partial charge >= 0.3 is 0 Å². The molecule has 0 aromatic heterocycles. The molecule has 0 fully saturated rings. The highest BCUT2D eigenvalue weighted by molar-refractivity contribution is 4.79. The second kappa shape index (κ2) is 4.79. The Labute approximate surface area is 72.4 Å². The zero-order valence-electron chi connectivity index (χ0n) is 8.61. The van der Waals surface area contributed by atoms with E-state index < -0.39 is 0 Å². The molecule has 0 nitrogen and oxygen atoms in total. The van der Waals surface area contributed by atoms with Gasteiger partial charge in [0.15, 0.2) is 0 Å². The molecule has 2 unspecified atom stereocenters. The SMILES string of the molecule is [CH2]C(C)C(C)(CC)CCCC. The maximum Gasteiger partial charge on any atom is -0.0303 e. The molecule has 0 heterocycles. The number of unbranched alkanes of at least 4 members (excludes halogenated alkanes) is 1. The Morgan fingerprint density at radius 2 is 1.91 bits per heavy atom. The van der Waals surface area contributed by atoms with Gasteiger partial charge in [-0.2, -0.15) is 0 Å². The van der Waals surface area contributed by atoms with Gasteiger partial charge in [-0.15, -0.1) is 0 Å². The van der Waals surface area contributed by atoms with Crippen LogP contribution in [-0.4, -0.2) is 0 Å². The third kappa shape index (κ3) is 3.27. The molecule has 0 aliphatic carbocycles. The molecule has 0 aromatic rings. The van der Waals surface area contributed by atoms with Crippen molar-refractivity contribution in [3.63, 3.8) is 0 Å². The van der Waals surface area contributed by atoms with E-state index in [9.17, 15) is 0 Å². The van der Waals surface area contributed by atoms with Crippen LogP contribution < -0.4 is 0 Å². The summed E-state index contributed by atoms with van der Waals surface area (Å²) in [5.74, 6) is 0.582. The summed E-state index contributed by atoms with van der Waals surface area (Å²) in [6.07, 6.45) is 5.26. The predicted octanol–water partition coefficient (Wildman–Crippen LogP) is 4.06. The van der Waals surface area contributed by atoms with Crippen LogP contribution in [0, 0.1) is 18.3 Å². The molecule has 0 N–H and O–H groups in total. The lowest BCUT2D eigenvalue weighted by molar-refractivity contribution is 0.204. The van der Waals surface area contributed by atoms with Gasteiger partial charge in [-0.1, -0.05) is 47.0 Å². The Morgan fingerprint density at radius 1 is 1.36 bits per heavy atom. The van der Waals surface area contributed by atoms with Crippen molar-refractivity contribution in [1.29, 1.82) is 0 Å². The summed E-state index contributed by atoms with van der Waals surface area (Å²) < 4.78 is 0. The van der Waals surface area contributed by atoms with Gasteiger partial charge in [-0.05, 0) is 24.7 Å². The first-order valence-electron chi connectivity index (χ1n) is 4.90. The van der Waals surface area contributed by atoms with E-state index in [4.69, 9.17) is 0 Å². The van der Waals surface area contributed by atoms with E-state index in [2.05, 4.69) is 34.6 Å². The summed E-state index contributed by atoms with van der Waals surface area (Å²) in [6.45, 7) is 13.3. The quantitative estimate of drug-likeness (QED) is 0.561. The van der Waals surface area contributed by atoms with Crippen molar-refractivity contribution in [2.45, 2.75) is 53.4 Å². The largest absolute Gasteiger partial charge is 0.0654 e. The Balaban J connectivity index is 3.88. The molecule has 0 heteroatoms. The standard InChI is InChI=1S/C11H23/c1-6-8-9-11(5,7-2)10(3)4/h10H,3,6-9H2,1-2,4-5H3. The van der Waals surface area contributed by atoms with Crippen molar-refractivity contribution < 1.29 is 0 Å². The molecule has 0 saturated heterocycles. The van der Waals surface area contributed by atoms with Crippen LogP contribution in [0.1, 0.15) is 53.4 Å². The lowest BCUT2D eigenvalue weighted by Crippen LogP contribution is -2.22. The molecule has 0 aromatic carbocycles. The van der Waals surface area contributed by atoms with E-state index in [1.54, 1.807) is 0 Å². The topological polar surface area (TPSA) is 0 Å². The van der Waals surface area contributed by atoms with Crippen molar-refractivity contribution in [3.8, 4) is 0 Å². The number of hydrogen-bond donors (Lipinski definition) is 0. The highest BCUT2D eigenvalue weighted by Crippen LogP contribution is 2.35. The van der Waals surface area contributed by atoms with Crippen LogP contribution >= 0.6 is 0 Å². The molecular weight excluding hydrogens is 132 g/mol. The van der Waals surface area contributed by atoms with Gasteiger partial charge in [-0.3, -0.25) is 0 Å². The summed E-state index contributed by atoms with van der Waals surface area (Å²) in [5, 5.41) is 0. The second-order valence-electron chi connectivity index (χ2n) is 4.01. The highest BCUT2D eigenvalue weighted by Gasteiger charge is 2.24. The minimum absolute atomic E-state index is 0.482. The molecule has 0 amide bonds. The molecule has 0 aliphatic heterocycles. The Morgan fingerprint density at radius 3 is 2.18 bits per heavy atom. The predicted molar refractivity (Wildman–Crippen MR) is 52.4 cm³/mol. The van der Waals surface area contributed by atoms with E-state index in [1.807, 2.05) is 0 Å². The Kier molecular flexibility index (Phi) is 4.79. The summed E-state index contributed by atoms with van der Waals surface area (Å²) in [5.41, 5.74) is 0.482. The first-order valence-corrected chi connectivity index (χ1v) is 4.90. The first-order chi connectivity index (χ1) is 5.06. The fourth-order valence-corrected chi connectivity index (χ4v) is 1.35. The third-order valence-corrected chi connectivity index (χ3v) is 3.10. The summed E-state index contributed by atoms with van der Waals surface area (Å²) >= 11 is 0. The molecule has 0 bridgehead atoms. The lowest BCUT2D eigenvalue weighted by Gasteiger charge is -2.32. The van der Waals surface area contributed by atoms with Crippen LogP contribution in [-0.2, 0) is 0 Å². The third-order valence-electron chi connectivity index (χ3n) is 3.10. The number of rotatable bonds is 5. The first kappa shape index (κ1) is 11.0. The fourth-order valence-electron chi connectivity index (χ4n) is 1.35. The summed E-state index contributed by atoms with van der Waals surface area (Å²) in [6, 6.07) is 0. The van der Waals surface area contributed by atoms with Gasteiger partial charge in [0.25, 0.3) is 0 Å². The molecular formula is C11H23. The Bertz CT molecular complexity index is 94.2. The van der Waals surface area contributed by atoms with Crippen molar-refractivity contribution >= 4 is 0 Å². The molecule has 0 spiro atoms. The Hall–Kier alpha value is 0. The van der Waals surface area contributed by atoms with E-state index in [-0.39, 0.29) is 0 Å². The maximum absolute atomic E-state index is 4.13. The average Bonchev–Trinajstić information content (AvgIpc) is 2.00. The zero-order valence-corrected chi connectivity index (χ0v) is 8.61. The molecule has 67 valence electrons. The number of hydrogen-bond acceptors (Lipinski definition) is 0. The smallest absolute Gasteiger partial charge is 0.0303 e. The van der Waals surface area contributed by atoms with Crippen molar-refractivity contribution in [3.05, 3.63) is 6.92 Å². The van der Waals surface area contributed by atoms with Crippen LogP contribution in [0.25, 0.3) is 0 Å². The molecule has 0 rings (SSSR count). The van der Waals surface area contributed by atoms with Gasteiger partial charge in [0.2, 0.25) is 0 Å². The van der Waals surface area contributed by atoms with E-state index in [0.29, 0.717) is 11.3 Å². The van der Waals surface area contributed by atoms with Gasteiger partial charge in [-0.25, -0.2) is 0 Å². The summed E-state index contributed by atoms with van der Waals surface area (Å²) in [7, 11) is 0. The van der Waals surface area contributed by atoms with Crippen LogP contribution in [0.3, 0.4) is 0 Å². The molecule has 1 radical (unpaired) electrons. The lowest BCUT2D eigenvalue weighted by atomic mass is 9.73. The second-order valence-corrected chi connectivity index (χ2v) is 4.01. The van der Waals surface area contributed by atoms with Crippen LogP contribution in [0.15, 0.2) is 0 Å².